The van der Waals surface area contributed by atoms with Crippen LogP contribution in [-0.4, -0.2) is 44.4 Å². The number of methoxy groups -OCH3 is 1. The van der Waals surface area contributed by atoms with Gasteiger partial charge < -0.3 is 4.74 Å². The molecule has 1 heterocycles. The maximum Gasteiger partial charge on any atom is 0.0949 e. The predicted octanol–water partition coefficient (Wildman–Crippen LogP) is 0.528. The summed E-state index contributed by atoms with van der Waals surface area (Å²) in [5.74, 6) is 0. The molecule has 0 spiro atoms. The molecular weight excluding hydrogens is 142 g/mol. The maximum absolute atomic E-state index is 10.4. The van der Waals surface area contributed by atoms with Crippen LogP contribution in [-0.2, 0) is 9.84 Å². The smallest absolute Gasteiger partial charge is 0.0949 e. The Bertz CT molecular complexity index is 96.3. The summed E-state index contributed by atoms with van der Waals surface area (Å²) >= 11 is 0. The molecule has 0 amide bonds. The van der Waals surface area contributed by atoms with Crippen LogP contribution in [0.15, 0.2) is 0 Å². The van der Waals surface area contributed by atoms with Crippen molar-refractivity contribution in [1.82, 2.24) is 4.90 Å². The summed E-state index contributed by atoms with van der Waals surface area (Å²) in [6.07, 6.45) is 2.40. The third-order valence-corrected chi connectivity index (χ3v) is 2.24. The molecule has 0 aliphatic carbocycles. The van der Waals surface area contributed by atoms with Crippen molar-refractivity contribution in [1.29, 1.82) is 0 Å². The highest BCUT2D eigenvalue weighted by Gasteiger charge is 2.23. The topological polar surface area (TPSA) is 32.4 Å². The summed E-state index contributed by atoms with van der Waals surface area (Å²) in [5, 5.41) is 10.4. The van der Waals surface area contributed by atoms with Gasteiger partial charge in [-0.3, -0.25) is 4.90 Å². The molecule has 65 valence electrons. The monoisotopic (exact) mass is 158 g/mol. The molecule has 3 heteroatoms. The van der Waals surface area contributed by atoms with Crippen LogP contribution >= 0.6 is 0 Å². The second kappa shape index (κ2) is 4.70. The molecule has 0 unspecified atom stereocenters. The molecule has 0 aromatic rings. The Morgan fingerprint density at radius 1 is 1.64 bits per heavy atom. The number of rotatable bonds is 4. The first kappa shape index (κ1) is 8.97. The van der Waals surface area contributed by atoms with Gasteiger partial charge in [-0.1, -0.05) is 0 Å². The van der Waals surface area contributed by atoms with Crippen LogP contribution < -0.4 is 0 Å². The molecule has 1 rings (SSSR count). The Hall–Kier alpha value is -0.120. The van der Waals surface area contributed by atoms with E-state index in [0.717, 1.165) is 13.2 Å². The SMILES string of the molecule is COC[C@@H]1CCCN1CC[O]. The van der Waals surface area contributed by atoms with Gasteiger partial charge >= 0.3 is 0 Å². The van der Waals surface area contributed by atoms with E-state index in [0.29, 0.717) is 12.6 Å². The van der Waals surface area contributed by atoms with E-state index in [1.807, 2.05) is 0 Å². The van der Waals surface area contributed by atoms with Gasteiger partial charge in [0.25, 0.3) is 0 Å². The lowest BCUT2D eigenvalue weighted by Gasteiger charge is -2.21. The fourth-order valence-corrected chi connectivity index (χ4v) is 1.69. The predicted molar refractivity (Wildman–Crippen MR) is 42.0 cm³/mol. The number of ether oxygens (including phenoxy) is 1. The lowest BCUT2D eigenvalue weighted by Crippen LogP contribution is -2.34. The van der Waals surface area contributed by atoms with E-state index in [2.05, 4.69) is 4.90 Å². The molecule has 1 saturated heterocycles. The van der Waals surface area contributed by atoms with Gasteiger partial charge in [-0.15, -0.1) is 0 Å². The van der Waals surface area contributed by atoms with Gasteiger partial charge in [-0.25, -0.2) is 5.11 Å². The van der Waals surface area contributed by atoms with Crippen LogP contribution in [0.5, 0.6) is 0 Å². The van der Waals surface area contributed by atoms with Crippen LogP contribution in [0.4, 0.5) is 0 Å². The van der Waals surface area contributed by atoms with Crippen molar-refractivity contribution in [3.8, 4) is 0 Å². The van der Waals surface area contributed by atoms with Gasteiger partial charge in [0, 0.05) is 19.7 Å². The first-order valence-corrected chi connectivity index (χ1v) is 4.19. The summed E-state index contributed by atoms with van der Waals surface area (Å²) in [6.45, 7) is 2.56. The quantitative estimate of drug-likeness (QED) is 0.597. The molecule has 1 aliphatic rings. The molecule has 3 nitrogen and oxygen atoms in total. The highest BCUT2D eigenvalue weighted by molar-refractivity contribution is 4.78. The first-order chi connectivity index (χ1) is 5.38. The second-order valence-electron chi connectivity index (χ2n) is 2.99. The normalized spacial score (nSPS) is 26.2. The van der Waals surface area contributed by atoms with Crippen LogP contribution in [0.25, 0.3) is 0 Å². The van der Waals surface area contributed by atoms with Crippen LogP contribution in [0.3, 0.4) is 0 Å². The summed E-state index contributed by atoms with van der Waals surface area (Å²) in [7, 11) is 1.72. The molecule has 0 bridgehead atoms. The van der Waals surface area contributed by atoms with E-state index in [1.54, 1.807) is 7.11 Å². The second-order valence-corrected chi connectivity index (χ2v) is 2.99. The van der Waals surface area contributed by atoms with Gasteiger partial charge in [0.05, 0.1) is 13.2 Å². The van der Waals surface area contributed by atoms with Gasteiger partial charge in [-0.05, 0) is 19.4 Å². The van der Waals surface area contributed by atoms with Crippen molar-refractivity contribution in [2.24, 2.45) is 0 Å². The van der Waals surface area contributed by atoms with E-state index in [1.165, 1.54) is 12.8 Å². The molecular formula is C8H16NO2. The van der Waals surface area contributed by atoms with Gasteiger partial charge in [0.2, 0.25) is 0 Å². The van der Waals surface area contributed by atoms with E-state index < -0.39 is 0 Å². The Morgan fingerprint density at radius 2 is 2.45 bits per heavy atom. The summed E-state index contributed by atoms with van der Waals surface area (Å²) < 4.78 is 5.06. The molecule has 11 heavy (non-hydrogen) atoms. The number of hydrogen-bond donors (Lipinski definition) is 0. The fourth-order valence-electron chi connectivity index (χ4n) is 1.69. The summed E-state index contributed by atoms with van der Waals surface area (Å²) in [5.41, 5.74) is 0. The molecule has 0 aromatic heterocycles. The Labute approximate surface area is 68.0 Å². The lowest BCUT2D eigenvalue weighted by molar-refractivity contribution is 0.0873. The van der Waals surface area contributed by atoms with Crippen molar-refractivity contribution in [3.05, 3.63) is 0 Å². The highest BCUT2D eigenvalue weighted by Crippen LogP contribution is 2.16. The molecule has 0 N–H and O–H groups in total. The minimum Gasteiger partial charge on any atom is -0.383 e. The molecule has 1 aliphatic heterocycles. The van der Waals surface area contributed by atoms with E-state index in [-0.39, 0.29) is 6.61 Å². The average Bonchev–Trinajstić information content (AvgIpc) is 2.39. The zero-order valence-electron chi connectivity index (χ0n) is 7.08. The van der Waals surface area contributed by atoms with Crippen molar-refractivity contribution in [2.45, 2.75) is 18.9 Å². The maximum atomic E-state index is 10.4. The van der Waals surface area contributed by atoms with E-state index >= 15 is 0 Å². The number of hydrogen-bond acceptors (Lipinski definition) is 2. The lowest BCUT2D eigenvalue weighted by atomic mass is 10.2. The van der Waals surface area contributed by atoms with Crippen molar-refractivity contribution >= 4 is 0 Å². The summed E-state index contributed by atoms with van der Waals surface area (Å²) in [4.78, 5) is 2.23. The minimum absolute atomic E-state index is 0.0141. The largest absolute Gasteiger partial charge is 0.383 e. The number of nitrogens with zero attached hydrogens (tertiary/aromatic N) is 1. The van der Waals surface area contributed by atoms with Gasteiger partial charge in [0.1, 0.15) is 0 Å². The van der Waals surface area contributed by atoms with Crippen LogP contribution in [0.2, 0.25) is 0 Å². The Morgan fingerprint density at radius 3 is 3.09 bits per heavy atom. The van der Waals surface area contributed by atoms with Gasteiger partial charge in [0.15, 0.2) is 0 Å². The standard InChI is InChI=1S/C8H16NO2/c1-11-7-8-3-2-4-9(8)5-6-10/h8H,2-7H2,1H3/t8-/m0/s1. The van der Waals surface area contributed by atoms with E-state index in [4.69, 9.17) is 4.74 Å². The van der Waals surface area contributed by atoms with Crippen molar-refractivity contribution in [2.75, 3.05) is 33.4 Å². The van der Waals surface area contributed by atoms with Crippen LogP contribution in [0.1, 0.15) is 12.8 Å². The highest BCUT2D eigenvalue weighted by atomic mass is 16.5. The van der Waals surface area contributed by atoms with E-state index in [9.17, 15) is 5.11 Å². The van der Waals surface area contributed by atoms with Crippen molar-refractivity contribution in [3.63, 3.8) is 0 Å². The zero-order chi connectivity index (χ0) is 8.10. The average molecular weight is 158 g/mol. The Kier molecular flexibility index (Phi) is 3.83. The first-order valence-electron chi connectivity index (χ1n) is 4.19. The molecule has 1 fully saturated rings. The third-order valence-electron chi connectivity index (χ3n) is 2.24. The van der Waals surface area contributed by atoms with Crippen molar-refractivity contribution < 1.29 is 9.84 Å². The third kappa shape index (κ3) is 2.43. The van der Waals surface area contributed by atoms with Gasteiger partial charge in [-0.2, -0.15) is 0 Å². The molecule has 0 aromatic carbocycles. The zero-order valence-corrected chi connectivity index (χ0v) is 7.08. The summed E-state index contributed by atoms with van der Waals surface area (Å²) in [6, 6.07) is 0.508. The van der Waals surface area contributed by atoms with Crippen LogP contribution in [0, 0.1) is 0 Å². The molecule has 1 atom stereocenters. The minimum atomic E-state index is 0.0141. The molecule has 1 radical (unpaired) electrons. The molecule has 0 saturated carbocycles. The Balaban J connectivity index is 2.25. The fraction of sp³-hybridized carbons (Fsp3) is 1.00. The number of likely N-dealkylation sites (tertiary alicyclic amines) is 1.